The highest BCUT2D eigenvalue weighted by atomic mass is 16.1. The first kappa shape index (κ1) is 6.86. The summed E-state index contributed by atoms with van der Waals surface area (Å²) < 4.78 is 1.57. The van der Waals surface area contributed by atoms with Crippen LogP contribution in [0.5, 0.6) is 0 Å². The fraction of sp³-hybridized carbons (Fsp3) is 0.286. The second-order valence-corrected chi connectivity index (χ2v) is 2.18. The van der Waals surface area contributed by atoms with Gasteiger partial charge in [0.15, 0.2) is 0 Å². The van der Waals surface area contributed by atoms with Crippen LogP contribution in [-0.4, -0.2) is 9.55 Å². The number of nitrogens with one attached hydrogen (secondary N) is 1. The minimum atomic E-state index is -0.0719. The van der Waals surface area contributed by atoms with E-state index in [9.17, 15) is 4.79 Å². The SMILES string of the molecule is C=CCn1cc(C)[nH]c1=O. The van der Waals surface area contributed by atoms with Gasteiger partial charge in [-0.25, -0.2) is 4.79 Å². The Hall–Kier alpha value is -1.25. The third kappa shape index (κ3) is 1.18. The lowest BCUT2D eigenvalue weighted by Gasteiger charge is -1.89. The molecule has 0 atom stereocenters. The number of hydrogen-bond donors (Lipinski definition) is 1. The fourth-order valence-electron chi connectivity index (χ4n) is 0.840. The van der Waals surface area contributed by atoms with Gasteiger partial charge in [-0.2, -0.15) is 0 Å². The number of H-pyrrole nitrogens is 1. The summed E-state index contributed by atoms with van der Waals surface area (Å²) in [6.45, 7) is 5.95. The van der Waals surface area contributed by atoms with Crippen LogP contribution in [0, 0.1) is 6.92 Å². The van der Waals surface area contributed by atoms with Crippen molar-refractivity contribution < 1.29 is 0 Å². The summed E-state index contributed by atoms with van der Waals surface area (Å²) in [5, 5.41) is 0. The molecule has 0 radical (unpaired) electrons. The fourth-order valence-corrected chi connectivity index (χ4v) is 0.840. The monoisotopic (exact) mass is 138 g/mol. The summed E-state index contributed by atoms with van der Waals surface area (Å²) in [5.41, 5.74) is 0.809. The van der Waals surface area contributed by atoms with Crippen molar-refractivity contribution in [1.29, 1.82) is 0 Å². The Bertz CT molecular complexity index is 282. The van der Waals surface area contributed by atoms with Gasteiger partial charge in [-0.05, 0) is 6.92 Å². The van der Waals surface area contributed by atoms with Crippen LogP contribution < -0.4 is 5.69 Å². The number of aromatic amines is 1. The summed E-state index contributed by atoms with van der Waals surface area (Å²) in [5.74, 6) is 0. The van der Waals surface area contributed by atoms with E-state index in [0.717, 1.165) is 5.69 Å². The lowest BCUT2D eigenvalue weighted by molar-refractivity contribution is 0.783. The van der Waals surface area contributed by atoms with Crippen LogP contribution in [0.1, 0.15) is 5.69 Å². The molecular formula is C7H10N2O. The van der Waals surface area contributed by atoms with Gasteiger partial charge in [-0.3, -0.25) is 4.57 Å². The summed E-state index contributed by atoms with van der Waals surface area (Å²) in [6, 6.07) is 0. The Kier molecular flexibility index (Phi) is 1.76. The van der Waals surface area contributed by atoms with Gasteiger partial charge in [-0.1, -0.05) is 6.08 Å². The maximum absolute atomic E-state index is 10.9. The zero-order chi connectivity index (χ0) is 7.56. The molecule has 0 spiro atoms. The average molecular weight is 138 g/mol. The predicted molar refractivity (Wildman–Crippen MR) is 40.0 cm³/mol. The van der Waals surface area contributed by atoms with Crippen LogP contribution in [0.25, 0.3) is 0 Å². The van der Waals surface area contributed by atoms with Gasteiger partial charge in [-0.15, -0.1) is 6.58 Å². The largest absolute Gasteiger partial charge is 0.325 e. The average Bonchev–Trinajstić information content (AvgIpc) is 2.13. The van der Waals surface area contributed by atoms with Crippen molar-refractivity contribution in [2.75, 3.05) is 0 Å². The second-order valence-electron chi connectivity index (χ2n) is 2.18. The summed E-state index contributed by atoms with van der Waals surface area (Å²) >= 11 is 0. The lowest BCUT2D eigenvalue weighted by Crippen LogP contribution is -2.14. The van der Waals surface area contributed by atoms with Crippen molar-refractivity contribution in [2.45, 2.75) is 13.5 Å². The van der Waals surface area contributed by atoms with E-state index in [0.29, 0.717) is 6.54 Å². The quantitative estimate of drug-likeness (QED) is 0.599. The summed E-state index contributed by atoms with van der Waals surface area (Å²) in [7, 11) is 0. The molecular weight excluding hydrogens is 128 g/mol. The molecule has 10 heavy (non-hydrogen) atoms. The van der Waals surface area contributed by atoms with Gasteiger partial charge in [0.1, 0.15) is 0 Å². The Morgan fingerprint density at radius 1 is 1.90 bits per heavy atom. The summed E-state index contributed by atoms with van der Waals surface area (Å²) in [6.07, 6.45) is 3.46. The molecule has 0 aliphatic carbocycles. The van der Waals surface area contributed by atoms with Crippen molar-refractivity contribution in [2.24, 2.45) is 0 Å². The highest BCUT2D eigenvalue weighted by molar-refractivity contribution is 4.93. The van der Waals surface area contributed by atoms with E-state index < -0.39 is 0 Å². The molecule has 1 aromatic rings. The van der Waals surface area contributed by atoms with E-state index in [1.165, 1.54) is 0 Å². The van der Waals surface area contributed by atoms with Gasteiger partial charge in [0.25, 0.3) is 0 Å². The van der Waals surface area contributed by atoms with Crippen molar-refractivity contribution in [1.82, 2.24) is 9.55 Å². The Morgan fingerprint density at radius 2 is 2.60 bits per heavy atom. The molecule has 3 nitrogen and oxygen atoms in total. The topological polar surface area (TPSA) is 37.8 Å². The number of hydrogen-bond acceptors (Lipinski definition) is 1. The first-order valence-corrected chi connectivity index (χ1v) is 3.11. The normalized spacial score (nSPS) is 9.70. The number of aryl methyl sites for hydroxylation is 1. The van der Waals surface area contributed by atoms with Crippen LogP contribution in [-0.2, 0) is 6.54 Å². The van der Waals surface area contributed by atoms with Crippen molar-refractivity contribution in [3.63, 3.8) is 0 Å². The first-order valence-electron chi connectivity index (χ1n) is 3.11. The number of nitrogens with zero attached hydrogens (tertiary/aromatic N) is 1. The number of imidazole rings is 1. The summed E-state index contributed by atoms with van der Waals surface area (Å²) in [4.78, 5) is 13.5. The van der Waals surface area contributed by atoms with E-state index in [-0.39, 0.29) is 5.69 Å². The van der Waals surface area contributed by atoms with Crippen molar-refractivity contribution in [3.8, 4) is 0 Å². The smallest absolute Gasteiger partial charge is 0.310 e. The molecule has 0 fully saturated rings. The maximum Gasteiger partial charge on any atom is 0.325 e. The highest BCUT2D eigenvalue weighted by Gasteiger charge is 1.94. The minimum Gasteiger partial charge on any atom is -0.310 e. The maximum atomic E-state index is 10.9. The number of rotatable bonds is 2. The third-order valence-electron chi connectivity index (χ3n) is 1.24. The van der Waals surface area contributed by atoms with Gasteiger partial charge in [0.05, 0.1) is 0 Å². The van der Waals surface area contributed by atoms with Gasteiger partial charge < -0.3 is 4.98 Å². The molecule has 0 saturated carbocycles. The number of allylic oxidation sites excluding steroid dienone is 1. The first-order chi connectivity index (χ1) is 4.74. The molecule has 0 unspecified atom stereocenters. The third-order valence-corrected chi connectivity index (χ3v) is 1.24. The van der Waals surface area contributed by atoms with Crippen LogP contribution in [0.2, 0.25) is 0 Å². The van der Waals surface area contributed by atoms with E-state index in [1.807, 2.05) is 6.92 Å². The molecule has 0 aromatic carbocycles. The molecule has 1 aromatic heterocycles. The van der Waals surface area contributed by atoms with Gasteiger partial charge >= 0.3 is 5.69 Å². The Balaban J connectivity index is 3.03. The second kappa shape index (κ2) is 2.56. The molecule has 3 heteroatoms. The molecule has 0 aliphatic heterocycles. The van der Waals surface area contributed by atoms with E-state index in [4.69, 9.17) is 0 Å². The van der Waals surface area contributed by atoms with Crippen molar-refractivity contribution >= 4 is 0 Å². The van der Waals surface area contributed by atoms with E-state index >= 15 is 0 Å². The molecule has 0 saturated heterocycles. The molecule has 1 N–H and O–H groups in total. The molecule has 0 aliphatic rings. The molecule has 1 rings (SSSR count). The van der Waals surface area contributed by atoms with Crippen LogP contribution in [0.4, 0.5) is 0 Å². The molecule has 0 amide bonds. The zero-order valence-electron chi connectivity index (χ0n) is 5.92. The lowest BCUT2D eigenvalue weighted by atomic mass is 10.5. The molecule has 1 heterocycles. The standard InChI is InChI=1S/C7H10N2O/c1-3-4-9-5-6(2)8-7(9)10/h3,5H,1,4H2,2H3,(H,8,10). The number of aromatic nitrogens is 2. The van der Waals surface area contributed by atoms with Crippen LogP contribution >= 0.6 is 0 Å². The van der Waals surface area contributed by atoms with Crippen LogP contribution in [0.15, 0.2) is 23.6 Å². The molecule has 0 bridgehead atoms. The Labute approximate surface area is 59.0 Å². The predicted octanol–water partition coefficient (Wildman–Crippen LogP) is 0.671. The van der Waals surface area contributed by atoms with Crippen LogP contribution in [0.3, 0.4) is 0 Å². The molecule has 54 valence electrons. The zero-order valence-corrected chi connectivity index (χ0v) is 5.92. The van der Waals surface area contributed by atoms with E-state index in [1.54, 1.807) is 16.8 Å². The highest BCUT2D eigenvalue weighted by Crippen LogP contribution is 1.86. The Morgan fingerprint density at radius 3 is 3.00 bits per heavy atom. The van der Waals surface area contributed by atoms with E-state index in [2.05, 4.69) is 11.6 Å². The van der Waals surface area contributed by atoms with Gasteiger partial charge in [0, 0.05) is 18.4 Å². The van der Waals surface area contributed by atoms with Crippen molar-refractivity contribution in [3.05, 3.63) is 35.0 Å². The van der Waals surface area contributed by atoms with Gasteiger partial charge in [0.2, 0.25) is 0 Å². The minimum absolute atomic E-state index is 0.0719.